The Morgan fingerprint density at radius 3 is 2.62 bits per heavy atom. The molecule has 2 aliphatic rings. The highest BCUT2D eigenvalue weighted by molar-refractivity contribution is 7.89. The summed E-state index contributed by atoms with van der Waals surface area (Å²) in [6.07, 6.45) is 0.569. The van der Waals surface area contributed by atoms with E-state index in [2.05, 4.69) is 0 Å². The van der Waals surface area contributed by atoms with Crippen LogP contribution in [0.25, 0.3) is 0 Å². The minimum Gasteiger partial charge on any atom is -0.379 e. The molecule has 21 heavy (non-hydrogen) atoms. The minimum atomic E-state index is -3.91. The Bertz CT molecular complexity index is 640. The van der Waals surface area contributed by atoms with Crippen molar-refractivity contribution in [3.8, 4) is 0 Å². The number of halogens is 1. The largest absolute Gasteiger partial charge is 0.379 e. The van der Waals surface area contributed by atoms with Crippen LogP contribution in [0.5, 0.6) is 0 Å². The maximum Gasteiger partial charge on any atom is 0.246 e. The van der Waals surface area contributed by atoms with Gasteiger partial charge < -0.3 is 9.47 Å². The molecule has 0 aromatic heterocycles. The lowest BCUT2D eigenvalue weighted by Gasteiger charge is -2.42. The third-order valence-corrected chi connectivity index (χ3v) is 6.17. The topological polar surface area (TPSA) is 55.8 Å². The van der Waals surface area contributed by atoms with Crippen LogP contribution in [-0.4, -0.2) is 51.2 Å². The van der Waals surface area contributed by atoms with Crippen molar-refractivity contribution in [2.75, 3.05) is 33.0 Å². The van der Waals surface area contributed by atoms with Gasteiger partial charge in [0.2, 0.25) is 10.0 Å². The monoisotopic (exact) mass is 315 g/mol. The Hall–Kier alpha value is -1.02. The molecule has 1 aromatic carbocycles. The van der Waals surface area contributed by atoms with Gasteiger partial charge in [-0.15, -0.1) is 0 Å². The smallest absolute Gasteiger partial charge is 0.246 e. The molecule has 2 heterocycles. The molecule has 1 aromatic rings. The lowest BCUT2D eigenvalue weighted by Crippen LogP contribution is -2.59. The third kappa shape index (κ3) is 2.38. The molecule has 5 nitrogen and oxygen atoms in total. The van der Waals surface area contributed by atoms with Crippen LogP contribution in [0.2, 0.25) is 0 Å². The van der Waals surface area contributed by atoms with Crippen molar-refractivity contribution < 1.29 is 22.3 Å². The summed E-state index contributed by atoms with van der Waals surface area (Å²) in [5, 5.41) is 0. The molecule has 1 atom stereocenters. The van der Waals surface area contributed by atoms with Gasteiger partial charge in [0, 0.05) is 13.2 Å². The Labute approximate surface area is 123 Å². The zero-order valence-electron chi connectivity index (χ0n) is 11.8. The number of ether oxygens (including phenoxy) is 2. The van der Waals surface area contributed by atoms with Crippen LogP contribution in [-0.2, 0) is 19.5 Å². The van der Waals surface area contributed by atoms with Crippen molar-refractivity contribution in [2.24, 2.45) is 0 Å². The van der Waals surface area contributed by atoms with Gasteiger partial charge in [0.15, 0.2) is 0 Å². The van der Waals surface area contributed by atoms with Gasteiger partial charge in [0.05, 0.1) is 25.4 Å². The molecule has 0 N–H and O–H groups in total. The van der Waals surface area contributed by atoms with Gasteiger partial charge in [0.1, 0.15) is 10.7 Å². The van der Waals surface area contributed by atoms with E-state index in [4.69, 9.17) is 9.47 Å². The molecular weight excluding hydrogens is 297 g/mol. The van der Waals surface area contributed by atoms with Gasteiger partial charge in [0.25, 0.3) is 0 Å². The number of sulfonamides is 1. The van der Waals surface area contributed by atoms with Gasteiger partial charge in [-0.1, -0.05) is 12.1 Å². The summed E-state index contributed by atoms with van der Waals surface area (Å²) in [6, 6.07) is 4.43. The maximum atomic E-state index is 14.3. The highest BCUT2D eigenvalue weighted by Crippen LogP contribution is 2.35. The molecule has 0 amide bonds. The number of nitrogens with zero attached hydrogens (tertiary/aromatic N) is 1. The second kappa shape index (κ2) is 5.31. The van der Waals surface area contributed by atoms with E-state index in [0.717, 1.165) is 0 Å². The first-order chi connectivity index (χ1) is 9.97. The molecule has 0 unspecified atom stereocenters. The number of aryl methyl sites for hydroxylation is 1. The number of rotatable bonds is 2. The summed E-state index contributed by atoms with van der Waals surface area (Å²) in [7, 11) is -3.91. The molecule has 0 radical (unpaired) electrons. The Kier molecular flexibility index (Phi) is 3.77. The first kappa shape index (κ1) is 14.9. The van der Waals surface area contributed by atoms with Gasteiger partial charge in [-0.3, -0.25) is 0 Å². The summed E-state index contributed by atoms with van der Waals surface area (Å²) in [4.78, 5) is -0.268. The molecule has 0 aliphatic carbocycles. The van der Waals surface area contributed by atoms with Crippen LogP contribution in [0, 0.1) is 12.7 Å². The van der Waals surface area contributed by atoms with E-state index >= 15 is 0 Å². The molecule has 0 bridgehead atoms. The Balaban J connectivity index is 2.06. The zero-order valence-corrected chi connectivity index (χ0v) is 12.7. The first-order valence-corrected chi connectivity index (χ1v) is 8.35. The summed E-state index contributed by atoms with van der Waals surface area (Å²) in [5.41, 5.74) is -0.381. The lowest BCUT2D eigenvalue weighted by molar-refractivity contribution is -0.0293. The van der Waals surface area contributed by atoms with Gasteiger partial charge in [-0.2, -0.15) is 4.31 Å². The van der Waals surface area contributed by atoms with Crippen molar-refractivity contribution in [3.05, 3.63) is 29.6 Å². The van der Waals surface area contributed by atoms with Crippen LogP contribution in [0.15, 0.2) is 23.1 Å². The Morgan fingerprint density at radius 1 is 1.24 bits per heavy atom. The fraction of sp³-hybridized carbons (Fsp3) is 0.571. The highest BCUT2D eigenvalue weighted by Gasteiger charge is 2.49. The van der Waals surface area contributed by atoms with E-state index in [1.165, 1.54) is 10.4 Å². The molecule has 2 saturated heterocycles. The fourth-order valence-corrected chi connectivity index (χ4v) is 4.84. The second-order valence-corrected chi connectivity index (χ2v) is 7.37. The van der Waals surface area contributed by atoms with E-state index in [1.54, 1.807) is 19.1 Å². The maximum absolute atomic E-state index is 14.3. The van der Waals surface area contributed by atoms with E-state index in [1.807, 2.05) is 0 Å². The molecular formula is C14H18FNO4S. The van der Waals surface area contributed by atoms with E-state index in [0.29, 0.717) is 38.4 Å². The first-order valence-electron chi connectivity index (χ1n) is 6.91. The zero-order chi connectivity index (χ0) is 15.1. The molecule has 3 rings (SSSR count). The van der Waals surface area contributed by atoms with Crippen LogP contribution in [0.1, 0.15) is 12.0 Å². The normalized spacial score (nSPS) is 27.3. The molecule has 1 spiro atoms. The summed E-state index contributed by atoms with van der Waals surface area (Å²) < 4.78 is 52.2. The van der Waals surface area contributed by atoms with Crippen molar-refractivity contribution in [1.29, 1.82) is 0 Å². The molecule has 0 saturated carbocycles. The van der Waals surface area contributed by atoms with Crippen LogP contribution in [0.3, 0.4) is 0 Å². The standard InChI is InChI=1S/C14H18FNO4S/c1-11-3-2-4-12(13(11)15)21(17,18)16-6-8-20-10-14(16)5-7-19-9-14/h2-4H,5-10H2,1H3/t14-/m1/s1. The molecule has 2 fully saturated rings. The van der Waals surface area contributed by atoms with Gasteiger partial charge in [-0.05, 0) is 25.0 Å². The van der Waals surface area contributed by atoms with Crippen molar-refractivity contribution >= 4 is 10.0 Å². The highest BCUT2D eigenvalue weighted by atomic mass is 32.2. The third-order valence-electron chi connectivity index (χ3n) is 4.15. The average molecular weight is 315 g/mol. The minimum absolute atomic E-state index is 0.221. The van der Waals surface area contributed by atoms with Gasteiger partial charge in [-0.25, -0.2) is 12.8 Å². The van der Waals surface area contributed by atoms with E-state index in [-0.39, 0.29) is 11.4 Å². The number of morpholine rings is 1. The van der Waals surface area contributed by atoms with Crippen molar-refractivity contribution in [1.82, 2.24) is 4.31 Å². The number of hydrogen-bond donors (Lipinski definition) is 0. The number of benzene rings is 1. The predicted octanol–water partition coefficient (Wildman–Crippen LogP) is 1.31. The summed E-state index contributed by atoms with van der Waals surface area (Å²) in [5.74, 6) is -0.682. The summed E-state index contributed by atoms with van der Waals surface area (Å²) >= 11 is 0. The number of hydrogen-bond acceptors (Lipinski definition) is 4. The average Bonchev–Trinajstić information content (AvgIpc) is 2.90. The van der Waals surface area contributed by atoms with Crippen LogP contribution < -0.4 is 0 Å². The quantitative estimate of drug-likeness (QED) is 0.826. The van der Waals surface area contributed by atoms with Crippen molar-refractivity contribution in [3.63, 3.8) is 0 Å². The predicted molar refractivity (Wildman–Crippen MR) is 74.0 cm³/mol. The van der Waals surface area contributed by atoms with Gasteiger partial charge >= 0.3 is 0 Å². The Morgan fingerprint density at radius 2 is 1.95 bits per heavy atom. The van der Waals surface area contributed by atoms with Crippen molar-refractivity contribution in [2.45, 2.75) is 23.8 Å². The molecule has 7 heteroatoms. The van der Waals surface area contributed by atoms with E-state index in [9.17, 15) is 12.8 Å². The fourth-order valence-electron chi connectivity index (χ4n) is 2.94. The molecule has 2 aliphatic heterocycles. The summed E-state index contributed by atoms with van der Waals surface area (Å²) in [6.45, 7) is 3.17. The SMILES string of the molecule is Cc1cccc(S(=O)(=O)N2CCOC[C@]23CCOC3)c1F. The van der Waals surface area contributed by atoms with Crippen LogP contribution in [0.4, 0.5) is 4.39 Å². The van der Waals surface area contributed by atoms with E-state index < -0.39 is 21.4 Å². The molecule has 116 valence electrons. The van der Waals surface area contributed by atoms with Crippen LogP contribution >= 0.6 is 0 Å². The lowest BCUT2D eigenvalue weighted by atomic mass is 9.99. The second-order valence-electron chi connectivity index (χ2n) is 5.54.